The van der Waals surface area contributed by atoms with Gasteiger partial charge in [0.25, 0.3) is 5.95 Å². The van der Waals surface area contributed by atoms with Gasteiger partial charge in [-0.1, -0.05) is 5.10 Å². The number of nitrogens with zero attached hydrogens (tertiary/aromatic N) is 3. The minimum Gasteiger partial charge on any atom is -0.365 e. The van der Waals surface area contributed by atoms with Gasteiger partial charge in [0.05, 0.1) is 0 Å². The molecule has 0 unspecified atom stereocenters. The van der Waals surface area contributed by atoms with Gasteiger partial charge in [-0.15, -0.1) is 5.10 Å². The van der Waals surface area contributed by atoms with Crippen LogP contribution in [0.3, 0.4) is 0 Å². The molecular formula is CH3KN5. The van der Waals surface area contributed by atoms with Crippen molar-refractivity contribution in [3.63, 3.8) is 0 Å². The maximum absolute atomic E-state index is 4.96. The predicted octanol–water partition coefficient (Wildman–Crippen LogP) is -1.60. The fraction of sp³-hybridized carbons (Fsp3) is 0. The van der Waals surface area contributed by atoms with Crippen molar-refractivity contribution in [2.75, 3.05) is 5.73 Å². The molecule has 1 aromatic heterocycles. The molecule has 6 heteroatoms. The van der Waals surface area contributed by atoms with Gasteiger partial charge in [-0.25, -0.2) is 0 Å². The van der Waals surface area contributed by atoms with Crippen molar-refractivity contribution in [1.82, 2.24) is 20.6 Å². The summed E-state index contributed by atoms with van der Waals surface area (Å²) >= 11 is 0. The Labute approximate surface area is 82.5 Å². The van der Waals surface area contributed by atoms with Crippen LogP contribution in [-0.4, -0.2) is 72.0 Å². The van der Waals surface area contributed by atoms with E-state index in [1.165, 1.54) is 0 Å². The van der Waals surface area contributed by atoms with Crippen LogP contribution < -0.4 is 5.73 Å². The second kappa shape index (κ2) is 3.50. The Morgan fingerprint density at radius 2 is 2.29 bits per heavy atom. The van der Waals surface area contributed by atoms with E-state index in [2.05, 4.69) is 20.6 Å². The number of hydrogen-bond donors (Lipinski definition) is 2. The maximum Gasteiger partial charge on any atom is 0.260 e. The van der Waals surface area contributed by atoms with Crippen molar-refractivity contribution in [2.24, 2.45) is 0 Å². The van der Waals surface area contributed by atoms with E-state index in [1.54, 1.807) is 0 Å². The first-order valence-corrected chi connectivity index (χ1v) is 1.38. The van der Waals surface area contributed by atoms with Crippen molar-refractivity contribution < 1.29 is 0 Å². The Balaban J connectivity index is 0.000000360. The molecule has 1 radical (unpaired) electrons. The van der Waals surface area contributed by atoms with E-state index in [1.807, 2.05) is 0 Å². The van der Waals surface area contributed by atoms with Gasteiger partial charge in [0.2, 0.25) is 0 Å². The molecule has 0 saturated heterocycles. The number of nitrogens with one attached hydrogen (secondary N) is 1. The normalized spacial score (nSPS) is 7.43. The number of anilines is 1. The second-order valence-electron chi connectivity index (χ2n) is 0.770. The van der Waals surface area contributed by atoms with Crippen LogP contribution in [0.25, 0.3) is 0 Å². The van der Waals surface area contributed by atoms with E-state index in [9.17, 15) is 0 Å². The van der Waals surface area contributed by atoms with Crippen molar-refractivity contribution >= 4 is 57.3 Å². The molecule has 0 saturated carbocycles. The third kappa shape index (κ3) is 2.34. The van der Waals surface area contributed by atoms with Crippen LogP contribution in [0.1, 0.15) is 0 Å². The van der Waals surface area contributed by atoms with Gasteiger partial charge in [0.15, 0.2) is 0 Å². The monoisotopic (exact) mass is 124 g/mol. The van der Waals surface area contributed by atoms with E-state index < -0.39 is 0 Å². The summed E-state index contributed by atoms with van der Waals surface area (Å²) in [6, 6.07) is 0. The molecule has 7 heavy (non-hydrogen) atoms. The molecular weight excluding hydrogens is 121 g/mol. The molecule has 3 N–H and O–H groups in total. The zero-order valence-electron chi connectivity index (χ0n) is 3.92. The number of aromatic amines is 1. The fourth-order valence-electron chi connectivity index (χ4n) is 0.170. The number of aromatic nitrogens is 4. The number of nitrogens with two attached hydrogens (primary N) is 1. The third-order valence-corrected chi connectivity index (χ3v) is 0.362. The van der Waals surface area contributed by atoms with Crippen LogP contribution in [0.2, 0.25) is 0 Å². The Morgan fingerprint density at radius 1 is 1.57 bits per heavy atom. The quantitative estimate of drug-likeness (QED) is 0.408. The van der Waals surface area contributed by atoms with Gasteiger partial charge in [-0.2, -0.15) is 5.21 Å². The van der Waals surface area contributed by atoms with Crippen LogP contribution >= 0.6 is 0 Å². The number of nitrogen functional groups attached to an aromatic ring is 1. The number of hydrogen-bond acceptors (Lipinski definition) is 4. The smallest absolute Gasteiger partial charge is 0.260 e. The summed E-state index contributed by atoms with van der Waals surface area (Å²) in [7, 11) is 0. The summed E-state index contributed by atoms with van der Waals surface area (Å²) in [5.41, 5.74) is 4.96. The van der Waals surface area contributed by atoms with Crippen molar-refractivity contribution in [3.8, 4) is 0 Å². The molecule has 0 fully saturated rings. The summed E-state index contributed by atoms with van der Waals surface area (Å²) in [5, 5.41) is 12.0. The topological polar surface area (TPSA) is 80.5 Å². The summed E-state index contributed by atoms with van der Waals surface area (Å²) in [6.07, 6.45) is 0. The SMILES string of the molecule is Nc1nn[nH]n1.[K]. The number of tetrazole rings is 1. The first-order valence-electron chi connectivity index (χ1n) is 1.38. The Morgan fingerprint density at radius 3 is 2.43 bits per heavy atom. The molecule has 5 nitrogen and oxygen atoms in total. The third-order valence-electron chi connectivity index (χ3n) is 0.362. The van der Waals surface area contributed by atoms with Gasteiger partial charge in [0.1, 0.15) is 0 Å². The first kappa shape index (κ1) is 7.51. The molecule has 0 amide bonds. The first-order chi connectivity index (χ1) is 2.89. The van der Waals surface area contributed by atoms with Crippen LogP contribution in [0, 0.1) is 0 Å². The largest absolute Gasteiger partial charge is 0.365 e. The summed E-state index contributed by atoms with van der Waals surface area (Å²) in [6.45, 7) is 0. The van der Waals surface area contributed by atoms with Crippen LogP contribution in [-0.2, 0) is 0 Å². The summed E-state index contributed by atoms with van der Waals surface area (Å²) < 4.78 is 0. The second-order valence-corrected chi connectivity index (χ2v) is 0.770. The minimum absolute atomic E-state index is 0. The van der Waals surface area contributed by atoms with Crippen LogP contribution in [0.4, 0.5) is 5.95 Å². The average Bonchev–Trinajstić information content (AvgIpc) is 1.86. The van der Waals surface area contributed by atoms with E-state index in [0.717, 1.165) is 0 Å². The van der Waals surface area contributed by atoms with Gasteiger partial charge in [0, 0.05) is 51.4 Å². The molecule has 0 aromatic carbocycles. The molecule has 1 aromatic rings. The summed E-state index contributed by atoms with van der Waals surface area (Å²) in [5.74, 6) is 0.176. The Bertz CT molecular complexity index is 112. The molecule has 0 bridgehead atoms. The van der Waals surface area contributed by atoms with E-state index in [-0.39, 0.29) is 57.3 Å². The number of rotatable bonds is 0. The minimum atomic E-state index is 0. The number of H-pyrrole nitrogens is 1. The van der Waals surface area contributed by atoms with Crippen LogP contribution in [0.15, 0.2) is 0 Å². The molecule has 0 atom stereocenters. The molecule has 0 aliphatic carbocycles. The van der Waals surface area contributed by atoms with E-state index in [0.29, 0.717) is 0 Å². The van der Waals surface area contributed by atoms with Crippen molar-refractivity contribution in [1.29, 1.82) is 0 Å². The van der Waals surface area contributed by atoms with E-state index in [4.69, 9.17) is 5.73 Å². The zero-order chi connectivity index (χ0) is 4.41. The molecule has 0 aliphatic rings. The van der Waals surface area contributed by atoms with Gasteiger partial charge in [-0.05, 0) is 5.21 Å². The molecule has 33 valence electrons. The maximum atomic E-state index is 4.96. The van der Waals surface area contributed by atoms with E-state index >= 15 is 0 Å². The summed E-state index contributed by atoms with van der Waals surface area (Å²) in [4.78, 5) is 0. The molecule has 0 spiro atoms. The Kier molecular flexibility index (Phi) is 3.75. The zero-order valence-corrected chi connectivity index (χ0v) is 7.04. The van der Waals surface area contributed by atoms with Crippen LogP contribution in [0.5, 0.6) is 0 Å². The van der Waals surface area contributed by atoms with Gasteiger partial charge < -0.3 is 5.73 Å². The van der Waals surface area contributed by atoms with Gasteiger partial charge >= 0.3 is 0 Å². The molecule has 1 rings (SSSR count). The fourth-order valence-corrected chi connectivity index (χ4v) is 0.170. The van der Waals surface area contributed by atoms with Crippen molar-refractivity contribution in [2.45, 2.75) is 0 Å². The van der Waals surface area contributed by atoms with Crippen molar-refractivity contribution in [3.05, 3.63) is 0 Å². The average molecular weight is 124 g/mol. The Hall–Kier alpha value is 0.506. The molecule has 1 heterocycles. The standard InChI is InChI=1S/CH3N5.K/c2-1-3-5-6-4-1;/h(H3,2,3,4,5,6);. The predicted molar refractivity (Wildman–Crippen MR) is 24.3 cm³/mol. The van der Waals surface area contributed by atoms with Gasteiger partial charge in [-0.3, -0.25) is 0 Å². The molecule has 0 aliphatic heterocycles.